The Bertz CT molecular complexity index is 1220. The summed E-state index contributed by atoms with van der Waals surface area (Å²) in [5, 5.41) is 12.4. The third-order valence-electron chi connectivity index (χ3n) is 4.66. The first-order valence-electron chi connectivity index (χ1n) is 8.47. The molecule has 0 bridgehead atoms. The van der Waals surface area contributed by atoms with E-state index in [1.165, 1.54) is 23.7 Å². The van der Waals surface area contributed by atoms with Crippen LogP contribution in [0.5, 0.6) is 5.75 Å². The van der Waals surface area contributed by atoms with Crippen LogP contribution in [-0.4, -0.2) is 29.6 Å². The Labute approximate surface area is 161 Å². The number of aromatic nitrogens is 2. The van der Waals surface area contributed by atoms with Crippen molar-refractivity contribution in [2.75, 3.05) is 19.9 Å². The number of ether oxygens (including phenoxy) is 1. The fourth-order valence-corrected chi connectivity index (χ4v) is 3.25. The van der Waals surface area contributed by atoms with Gasteiger partial charge < -0.3 is 15.8 Å². The molecule has 0 unspecified atom stereocenters. The summed E-state index contributed by atoms with van der Waals surface area (Å²) in [5.74, 6) is 0.132. The van der Waals surface area contributed by atoms with Crippen molar-refractivity contribution in [2.45, 2.75) is 13.8 Å². The van der Waals surface area contributed by atoms with Gasteiger partial charge in [0.05, 0.1) is 23.7 Å². The number of carbonyl (C=O) groups is 1. The number of nitrogens with one attached hydrogen (secondary N) is 1. The summed E-state index contributed by atoms with van der Waals surface area (Å²) in [4.78, 5) is 29.4. The molecule has 0 aliphatic rings. The van der Waals surface area contributed by atoms with Gasteiger partial charge in [-0.3, -0.25) is 14.2 Å². The molecule has 3 aromatic rings. The second-order valence-corrected chi connectivity index (χ2v) is 6.24. The lowest BCUT2D eigenvalue weighted by Gasteiger charge is -2.19. The summed E-state index contributed by atoms with van der Waals surface area (Å²) in [6, 6.07) is 8.56. The van der Waals surface area contributed by atoms with Gasteiger partial charge in [0.15, 0.2) is 0 Å². The minimum atomic E-state index is -0.429. The molecule has 2 heterocycles. The largest absolute Gasteiger partial charge is 0.496 e. The molecule has 3 N–H and O–H groups in total. The van der Waals surface area contributed by atoms with Crippen molar-refractivity contribution in [2.24, 2.45) is 0 Å². The average Bonchev–Trinajstić information content (AvgIpc) is 2.69. The Balaban J connectivity index is 2.47. The van der Waals surface area contributed by atoms with Crippen LogP contribution < -0.4 is 21.3 Å². The third kappa shape index (κ3) is 2.74. The predicted molar refractivity (Wildman–Crippen MR) is 106 cm³/mol. The number of nitrogens with two attached hydrogens (primary N) is 1. The highest BCUT2D eigenvalue weighted by Gasteiger charge is 2.21. The van der Waals surface area contributed by atoms with Crippen LogP contribution in [0, 0.1) is 25.2 Å². The number of methoxy groups -OCH3 is 1. The summed E-state index contributed by atoms with van der Waals surface area (Å²) in [6.45, 7) is 3.66. The first-order chi connectivity index (χ1) is 13.3. The molecule has 142 valence electrons. The Morgan fingerprint density at radius 1 is 1.29 bits per heavy atom. The van der Waals surface area contributed by atoms with Gasteiger partial charge >= 0.3 is 0 Å². The van der Waals surface area contributed by atoms with Crippen molar-refractivity contribution in [1.29, 1.82) is 5.26 Å². The van der Waals surface area contributed by atoms with Gasteiger partial charge in [0.25, 0.3) is 11.5 Å². The number of amides is 1. The normalized spacial score (nSPS) is 10.5. The second kappa shape index (κ2) is 7.04. The number of anilines is 1. The Hall–Kier alpha value is -3.86. The zero-order valence-corrected chi connectivity index (χ0v) is 16.0. The molecule has 0 atom stereocenters. The molecule has 0 saturated heterocycles. The van der Waals surface area contributed by atoms with Gasteiger partial charge in [-0.25, -0.2) is 4.98 Å². The van der Waals surface area contributed by atoms with Crippen LogP contribution >= 0.6 is 0 Å². The van der Waals surface area contributed by atoms with E-state index < -0.39 is 11.5 Å². The van der Waals surface area contributed by atoms with Crippen molar-refractivity contribution in [3.63, 3.8) is 0 Å². The number of aryl methyl sites for hydroxylation is 1. The minimum Gasteiger partial charge on any atom is -0.496 e. The summed E-state index contributed by atoms with van der Waals surface area (Å²) in [5.41, 5.74) is 8.10. The van der Waals surface area contributed by atoms with E-state index in [0.717, 1.165) is 11.1 Å². The van der Waals surface area contributed by atoms with E-state index in [2.05, 4.69) is 10.3 Å². The molecular weight excluding hydrogens is 358 g/mol. The maximum atomic E-state index is 13.3. The number of rotatable bonds is 3. The van der Waals surface area contributed by atoms with Gasteiger partial charge in [-0.15, -0.1) is 0 Å². The van der Waals surface area contributed by atoms with Gasteiger partial charge in [-0.05, 0) is 37.6 Å². The summed E-state index contributed by atoms with van der Waals surface area (Å²) >= 11 is 0. The minimum absolute atomic E-state index is 0.0296. The number of pyridine rings is 2. The molecule has 3 rings (SSSR count). The molecule has 1 aromatic carbocycles. The van der Waals surface area contributed by atoms with Crippen LogP contribution in [-0.2, 0) is 0 Å². The maximum Gasteiger partial charge on any atom is 0.269 e. The van der Waals surface area contributed by atoms with E-state index in [4.69, 9.17) is 10.5 Å². The zero-order chi connectivity index (χ0) is 20.6. The number of benzene rings is 1. The molecule has 0 fully saturated rings. The van der Waals surface area contributed by atoms with E-state index in [1.54, 1.807) is 13.2 Å². The van der Waals surface area contributed by atoms with E-state index in [-0.39, 0.29) is 28.0 Å². The highest BCUT2D eigenvalue weighted by atomic mass is 16.5. The highest BCUT2D eigenvalue weighted by molar-refractivity contribution is 5.96. The standard InChI is InChI=1S/C20H19N5O3/c1-10-5-8-15(28-4)11(2)17(10)25-18(22)13(9-21)16-12(20(25)27)6-7-14(24-16)19(26)23-3/h5-8H,22H2,1-4H3,(H,23,26). The van der Waals surface area contributed by atoms with E-state index in [9.17, 15) is 14.9 Å². The SMILES string of the molecule is CNC(=O)c1ccc2c(=O)n(-c3c(C)ccc(OC)c3C)c(N)c(C#N)c2n1. The predicted octanol–water partition coefficient (Wildman–Crippen LogP) is 1.82. The lowest BCUT2D eigenvalue weighted by Crippen LogP contribution is -2.26. The molecule has 0 aliphatic carbocycles. The fourth-order valence-electron chi connectivity index (χ4n) is 3.25. The first-order valence-corrected chi connectivity index (χ1v) is 8.47. The summed E-state index contributed by atoms with van der Waals surface area (Å²) < 4.78 is 6.66. The summed E-state index contributed by atoms with van der Waals surface area (Å²) in [6.07, 6.45) is 0. The van der Waals surface area contributed by atoms with Gasteiger partial charge in [-0.1, -0.05) is 6.07 Å². The van der Waals surface area contributed by atoms with Crippen molar-refractivity contribution in [3.8, 4) is 17.5 Å². The monoisotopic (exact) mass is 377 g/mol. The number of nitrogen functional groups attached to an aromatic ring is 1. The van der Waals surface area contributed by atoms with Gasteiger partial charge in [-0.2, -0.15) is 5.26 Å². The molecule has 0 spiro atoms. The Kier molecular flexibility index (Phi) is 4.76. The number of nitrogens with zero attached hydrogens (tertiary/aromatic N) is 3. The zero-order valence-electron chi connectivity index (χ0n) is 16.0. The molecule has 2 aromatic heterocycles. The molecule has 0 saturated carbocycles. The fraction of sp³-hybridized carbons (Fsp3) is 0.200. The van der Waals surface area contributed by atoms with E-state index in [1.807, 2.05) is 26.0 Å². The van der Waals surface area contributed by atoms with Crippen LogP contribution in [0.2, 0.25) is 0 Å². The quantitative estimate of drug-likeness (QED) is 0.718. The van der Waals surface area contributed by atoms with Gasteiger partial charge in [0.1, 0.15) is 28.9 Å². The lowest BCUT2D eigenvalue weighted by molar-refractivity contribution is 0.0958. The van der Waals surface area contributed by atoms with Crippen LogP contribution in [0.15, 0.2) is 29.1 Å². The number of hydrogen-bond donors (Lipinski definition) is 2. The number of carbonyl (C=O) groups excluding carboxylic acids is 1. The van der Waals surface area contributed by atoms with Crippen molar-refractivity contribution in [3.05, 3.63) is 57.0 Å². The van der Waals surface area contributed by atoms with Crippen molar-refractivity contribution >= 4 is 22.6 Å². The Morgan fingerprint density at radius 3 is 2.61 bits per heavy atom. The molecule has 8 nitrogen and oxygen atoms in total. The van der Waals surface area contributed by atoms with Gasteiger partial charge in [0, 0.05) is 12.6 Å². The number of fused-ring (bicyclic) bond motifs is 1. The molecule has 8 heteroatoms. The maximum absolute atomic E-state index is 13.3. The average molecular weight is 377 g/mol. The first kappa shape index (κ1) is 18.9. The molecule has 1 amide bonds. The van der Waals surface area contributed by atoms with E-state index in [0.29, 0.717) is 11.4 Å². The molecular formula is C20H19N5O3. The molecule has 28 heavy (non-hydrogen) atoms. The smallest absolute Gasteiger partial charge is 0.269 e. The second-order valence-electron chi connectivity index (χ2n) is 6.24. The van der Waals surface area contributed by atoms with Crippen LogP contribution in [0.3, 0.4) is 0 Å². The van der Waals surface area contributed by atoms with Gasteiger partial charge in [0.2, 0.25) is 0 Å². The third-order valence-corrected chi connectivity index (χ3v) is 4.66. The summed E-state index contributed by atoms with van der Waals surface area (Å²) in [7, 11) is 3.01. The topological polar surface area (TPSA) is 123 Å². The highest BCUT2D eigenvalue weighted by Crippen LogP contribution is 2.30. The molecule has 0 aliphatic heterocycles. The van der Waals surface area contributed by atoms with Crippen molar-refractivity contribution in [1.82, 2.24) is 14.9 Å². The van der Waals surface area contributed by atoms with Crippen LogP contribution in [0.25, 0.3) is 16.6 Å². The van der Waals surface area contributed by atoms with Crippen LogP contribution in [0.4, 0.5) is 5.82 Å². The molecule has 0 radical (unpaired) electrons. The Morgan fingerprint density at radius 2 is 2.00 bits per heavy atom. The van der Waals surface area contributed by atoms with Crippen LogP contribution in [0.1, 0.15) is 27.2 Å². The van der Waals surface area contributed by atoms with E-state index >= 15 is 0 Å². The lowest BCUT2D eigenvalue weighted by atomic mass is 10.1. The van der Waals surface area contributed by atoms with Crippen molar-refractivity contribution < 1.29 is 9.53 Å². The number of nitriles is 1. The number of hydrogen-bond acceptors (Lipinski definition) is 6.